The molecule has 0 aliphatic carbocycles. The average Bonchev–Trinajstić information content (AvgIpc) is 1.72. The molecule has 0 saturated carbocycles. The van der Waals surface area contributed by atoms with Crippen molar-refractivity contribution in [1.29, 1.82) is 0 Å². The highest BCUT2D eigenvalue weighted by Crippen LogP contribution is 1.83. The van der Waals surface area contributed by atoms with Crippen molar-refractivity contribution in [2.45, 2.75) is 6.10 Å². The zero-order valence-electron chi connectivity index (χ0n) is 3.93. The summed E-state index contributed by atoms with van der Waals surface area (Å²) in [6, 6.07) is 0. The van der Waals surface area contributed by atoms with Gasteiger partial charge in [-0.3, -0.25) is 0 Å². The van der Waals surface area contributed by atoms with Crippen LogP contribution in [0.4, 0.5) is 4.53 Å². The number of nitrogens with two attached hydrogens (primary N) is 2. The van der Waals surface area contributed by atoms with E-state index in [2.05, 4.69) is 4.94 Å². The van der Waals surface area contributed by atoms with Crippen LogP contribution in [0.3, 0.4) is 0 Å². The fraction of sp³-hybridized carbons (Fsp3) is 1.00. The van der Waals surface area contributed by atoms with Gasteiger partial charge in [0.1, 0.15) is 6.10 Å². The summed E-state index contributed by atoms with van der Waals surface area (Å²) in [6.45, 7) is 0.264. The van der Waals surface area contributed by atoms with E-state index >= 15 is 0 Å². The fourth-order valence-electron chi connectivity index (χ4n) is 0.169. The summed E-state index contributed by atoms with van der Waals surface area (Å²) in [4.78, 5) is 3.30. The molecule has 4 N–H and O–H groups in total. The second-order valence-corrected chi connectivity index (χ2v) is 1.18. The highest BCUT2D eigenvalue weighted by molar-refractivity contribution is 4.54. The van der Waals surface area contributed by atoms with Gasteiger partial charge in [0.05, 0.1) is 0 Å². The third-order valence-corrected chi connectivity index (χ3v) is 0.652. The molecular weight excluding hydrogens is 99.0 g/mol. The van der Waals surface area contributed by atoms with Gasteiger partial charge in [-0.05, 0) is 4.53 Å². The maximum atomic E-state index is 11.0. The Kier molecular flexibility index (Phi) is 3.87. The standard InChI is InChI=1S/C3H9FN2O/c4-7-3(1-5)2-6/h3H,1-2,5-6H2. The summed E-state index contributed by atoms with van der Waals surface area (Å²) in [5, 5.41) is 0. The molecule has 0 aromatic carbocycles. The molecule has 0 saturated heterocycles. The van der Waals surface area contributed by atoms with E-state index in [9.17, 15) is 4.53 Å². The van der Waals surface area contributed by atoms with Crippen LogP contribution >= 0.6 is 0 Å². The lowest BCUT2D eigenvalue weighted by Gasteiger charge is -2.02. The Labute approximate surface area is 41.3 Å². The lowest BCUT2D eigenvalue weighted by atomic mass is 10.4. The van der Waals surface area contributed by atoms with E-state index in [1.54, 1.807) is 0 Å². The van der Waals surface area contributed by atoms with Crippen molar-refractivity contribution in [3.8, 4) is 0 Å². The molecule has 0 heterocycles. The SMILES string of the molecule is NCC(CN)OF. The minimum Gasteiger partial charge on any atom is -0.328 e. The molecule has 44 valence electrons. The first-order valence-electron chi connectivity index (χ1n) is 2.02. The lowest BCUT2D eigenvalue weighted by molar-refractivity contribution is -0.171. The number of hydrogen-bond donors (Lipinski definition) is 2. The second kappa shape index (κ2) is 3.98. The van der Waals surface area contributed by atoms with Gasteiger partial charge in [-0.15, -0.1) is 0 Å². The van der Waals surface area contributed by atoms with Crippen molar-refractivity contribution in [1.82, 2.24) is 0 Å². The summed E-state index contributed by atoms with van der Waals surface area (Å²) in [5.41, 5.74) is 9.90. The van der Waals surface area contributed by atoms with Crippen LogP contribution in [0.1, 0.15) is 0 Å². The Morgan fingerprint density at radius 3 is 1.86 bits per heavy atom. The molecule has 0 aliphatic heterocycles. The highest BCUT2D eigenvalue weighted by atomic mass is 19.3. The first-order chi connectivity index (χ1) is 3.35. The van der Waals surface area contributed by atoms with Gasteiger partial charge in [-0.25, -0.2) is 0 Å². The molecule has 0 atom stereocenters. The van der Waals surface area contributed by atoms with E-state index in [0.717, 1.165) is 0 Å². The van der Waals surface area contributed by atoms with Gasteiger partial charge in [-0.2, -0.15) is 4.94 Å². The van der Waals surface area contributed by atoms with E-state index < -0.39 is 6.10 Å². The van der Waals surface area contributed by atoms with E-state index in [-0.39, 0.29) is 13.1 Å². The smallest absolute Gasteiger partial charge is 0.123 e. The van der Waals surface area contributed by atoms with E-state index in [1.807, 2.05) is 0 Å². The third-order valence-electron chi connectivity index (χ3n) is 0.652. The molecule has 0 amide bonds. The van der Waals surface area contributed by atoms with Crippen molar-refractivity contribution in [3.05, 3.63) is 0 Å². The molecule has 0 unspecified atom stereocenters. The number of hydrogen-bond acceptors (Lipinski definition) is 3. The topological polar surface area (TPSA) is 61.3 Å². The minimum atomic E-state index is -0.625. The Bertz CT molecular complexity index is 34.4. The molecule has 0 bridgehead atoms. The molecular formula is C3H9FN2O. The second-order valence-electron chi connectivity index (χ2n) is 1.18. The molecule has 3 nitrogen and oxygen atoms in total. The van der Waals surface area contributed by atoms with Gasteiger partial charge in [0.2, 0.25) is 0 Å². The van der Waals surface area contributed by atoms with Gasteiger partial charge in [0.25, 0.3) is 0 Å². The first kappa shape index (κ1) is 6.81. The van der Waals surface area contributed by atoms with Crippen molar-refractivity contribution in [2.75, 3.05) is 13.1 Å². The Morgan fingerprint density at radius 1 is 1.43 bits per heavy atom. The molecule has 0 fully saturated rings. The highest BCUT2D eigenvalue weighted by Gasteiger charge is 2.00. The largest absolute Gasteiger partial charge is 0.328 e. The van der Waals surface area contributed by atoms with Crippen molar-refractivity contribution in [3.63, 3.8) is 0 Å². The number of halogens is 1. The predicted octanol–water partition coefficient (Wildman–Crippen LogP) is -0.827. The van der Waals surface area contributed by atoms with Gasteiger partial charge in [0, 0.05) is 13.1 Å². The molecule has 7 heavy (non-hydrogen) atoms. The van der Waals surface area contributed by atoms with Crippen LogP contribution in [-0.4, -0.2) is 19.2 Å². The van der Waals surface area contributed by atoms with Crippen LogP contribution in [0, 0.1) is 0 Å². The zero-order chi connectivity index (χ0) is 5.70. The number of rotatable bonds is 3. The van der Waals surface area contributed by atoms with E-state index in [0.29, 0.717) is 0 Å². The quantitative estimate of drug-likeness (QED) is 0.496. The van der Waals surface area contributed by atoms with Gasteiger partial charge < -0.3 is 11.5 Å². The molecule has 0 radical (unpaired) electrons. The zero-order valence-corrected chi connectivity index (χ0v) is 3.93. The van der Waals surface area contributed by atoms with E-state index in [4.69, 9.17) is 11.5 Å². The van der Waals surface area contributed by atoms with Crippen LogP contribution in [0.5, 0.6) is 0 Å². The van der Waals surface area contributed by atoms with Crippen LogP contribution in [0.25, 0.3) is 0 Å². The fourth-order valence-corrected chi connectivity index (χ4v) is 0.169. The van der Waals surface area contributed by atoms with Gasteiger partial charge in [0.15, 0.2) is 0 Å². The summed E-state index contributed by atoms with van der Waals surface area (Å²) < 4.78 is 11.0. The summed E-state index contributed by atoms with van der Waals surface area (Å²) >= 11 is 0. The molecule has 0 aromatic rings. The third kappa shape index (κ3) is 2.50. The average molecular weight is 108 g/mol. The first-order valence-corrected chi connectivity index (χ1v) is 2.02. The van der Waals surface area contributed by atoms with Crippen LogP contribution in [0.15, 0.2) is 0 Å². The van der Waals surface area contributed by atoms with E-state index in [1.165, 1.54) is 0 Å². The molecule has 4 heteroatoms. The summed E-state index contributed by atoms with van der Waals surface area (Å²) in [5.74, 6) is 0. The van der Waals surface area contributed by atoms with Crippen molar-refractivity contribution in [2.24, 2.45) is 11.5 Å². The van der Waals surface area contributed by atoms with Gasteiger partial charge >= 0.3 is 0 Å². The summed E-state index contributed by atoms with van der Waals surface area (Å²) in [7, 11) is 0. The maximum absolute atomic E-state index is 11.0. The van der Waals surface area contributed by atoms with Crippen LogP contribution < -0.4 is 11.5 Å². The van der Waals surface area contributed by atoms with Crippen molar-refractivity contribution >= 4 is 0 Å². The maximum Gasteiger partial charge on any atom is 0.123 e. The lowest BCUT2D eigenvalue weighted by Crippen LogP contribution is -2.29. The molecule has 0 aromatic heterocycles. The monoisotopic (exact) mass is 108 g/mol. The summed E-state index contributed by atoms with van der Waals surface area (Å²) in [6.07, 6.45) is -0.625. The molecule has 0 spiro atoms. The Morgan fingerprint density at radius 2 is 1.86 bits per heavy atom. The molecule has 0 aliphatic rings. The normalized spacial score (nSPS) is 10.3. The predicted molar refractivity (Wildman–Crippen MR) is 24.1 cm³/mol. The Hall–Kier alpha value is -0.190. The minimum absolute atomic E-state index is 0.132. The van der Waals surface area contributed by atoms with Crippen LogP contribution in [-0.2, 0) is 4.94 Å². The molecule has 0 rings (SSSR count). The van der Waals surface area contributed by atoms with Gasteiger partial charge in [-0.1, -0.05) is 0 Å². The van der Waals surface area contributed by atoms with Crippen LogP contribution in [0.2, 0.25) is 0 Å². The Balaban J connectivity index is 2.99. The van der Waals surface area contributed by atoms with Crippen molar-refractivity contribution < 1.29 is 9.47 Å².